The fraction of sp³-hybridized carbons (Fsp3) is 0.529. The summed E-state index contributed by atoms with van der Waals surface area (Å²) in [7, 11) is 0. The van der Waals surface area contributed by atoms with E-state index in [1.54, 1.807) is 9.47 Å². The van der Waals surface area contributed by atoms with Gasteiger partial charge in [-0.1, -0.05) is 6.92 Å². The van der Waals surface area contributed by atoms with Crippen molar-refractivity contribution in [2.24, 2.45) is 0 Å². The van der Waals surface area contributed by atoms with Crippen molar-refractivity contribution in [1.82, 2.24) is 24.6 Å². The molecular weight excluding hydrogens is 393 g/mol. The average molecular weight is 414 g/mol. The standard InChI is InChI=1S/C17H21F3N6OS/c1-2-3-14-22-23-16(28)26(14)11-15(27)25-8-6-24(7-9-25)13-5-4-12(10-21-13)17(18,19)20/h4-5,10H,2-3,6-9,11H2,1H3,(H,23,28). The van der Waals surface area contributed by atoms with Gasteiger partial charge in [-0.05, 0) is 30.8 Å². The van der Waals surface area contributed by atoms with Crippen LogP contribution in [0.4, 0.5) is 19.0 Å². The van der Waals surface area contributed by atoms with Gasteiger partial charge in [-0.15, -0.1) is 0 Å². The van der Waals surface area contributed by atoms with Gasteiger partial charge in [-0.3, -0.25) is 14.5 Å². The van der Waals surface area contributed by atoms with Crippen molar-refractivity contribution in [3.05, 3.63) is 34.5 Å². The molecule has 0 bridgehead atoms. The number of pyridine rings is 1. The van der Waals surface area contributed by atoms with Crippen LogP contribution in [0.15, 0.2) is 18.3 Å². The zero-order valence-electron chi connectivity index (χ0n) is 15.4. The monoisotopic (exact) mass is 414 g/mol. The van der Waals surface area contributed by atoms with E-state index in [-0.39, 0.29) is 12.5 Å². The molecule has 0 aromatic carbocycles. The quantitative estimate of drug-likeness (QED) is 0.762. The average Bonchev–Trinajstić information content (AvgIpc) is 3.01. The summed E-state index contributed by atoms with van der Waals surface area (Å²) >= 11 is 5.20. The third kappa shape index (κ3) is 4.51. The number of hydrogen-bond acceptors (Lipinski definition) is 5. The van der Waals surface area contributed by atoms with Crippen LogP contribution in [0, 0.1) is 4.77 Å². The van der Waals surface area contributed by atoms with E-state index in [0.29, 0.717) is 36.8 Å². The van der Waals surface area contributed by atoms with E-state index in [0.717, 1.165) is 30.9 Å². The van der Waals surface area contributed by atoms with Crippen molar-refractivity contribution in [1.29, 1.82) is 0 Å². The molecule has 7 nitrogen and oxygen atoms in total. The van der Waals surface area contributed by atoms with Crippen molar-refractivity contribution in [3.63, 3.8) is 0 Å². The molecule has 0 atom stereocenters. The smallest absolute Gasteiger partial charge is 0.353 e. The van der Waals surface area contributed by atoms with Gasteiger partial charge >= 0.3 is 6.18 Å². The number of anilines is 1. The van der Waals surface area contributed by atoms with E-state index in [9.17, 15) is 18.0 Å². The molecule has 3 rings (SSSR count). The molecule has 1 fully saturated rings. The van der Waals surface area contributed by atoms with Crippen LogP contribution < -0.4 is 4.90 Å². The van der Waals surface area contributed by atoms with Gasteiger partial charge in [-0.2, -0.15) is 18.3 Å². The summed E-state index contributed by atoms with van der Waals surface area (Å²) in [6, 6.07) is 2.39. The molecule has 1 aliphatic heterocycles. The molecule has 2 aromatic heterocycles. The molecule has 0 saturated carbocycles. The Balaban J connectivity index is 1.59. The van der Waals surface area contributed by atoms with Gasteiger partial charge in [0.05, 0.1) is 5.56 Å². The van der Waals surface area contributed by atoms with Gasteiger partial charge in [0.1, 0.15) is 18.2 Å². The number of nitrogens with one attached hydrogen (secondary N) is 1. The Morgan fingerprint density at radius 1 is 1.25 bits per heavy atom. The van der Waals surface area contributed by atoms with E-state index in [4.69, 9.17) is 12.2 Å². The Kier molecular flexibility index (Phi) is 6.01. The molecule has 0 unspecified atom stereocenters. The lowest BCUT2D eigenvalue weighted by atomic mass is 10.2. The highest BCUT2D eigenvalue weighted by Gasteiger charge is 2.31. The maximum absolute atomic E-state index is 12.6. The van der Waals surface area contributed by atoms with Crippen molar-refractivity contribution in [2.45, 2.75) is 32.5 Å². The van der Waals surface area contributed by atoms with Gasteiger partial charge in [-0.25, -0.2) is 4.98 Å². The number of halogens is 3. The summed E-state index contributed by atoms with van der Waals surface area (Å²) in [5.41, 5.74) is -0.773. The highest BCUT2D eigenvalue weighted by Crippen LogP contribution is 2.29. The summed E-state index contributed by atoms with van der Waals surface area (Å²) in [6.07, 6.45) is -1.94. The first-order valence-corrected chi connectivity index (χ1v) is 9.40. The second kappa shape index (κ2) is 8.29. The van der Waals surface area contributed by atoms with Gasteiger partial charge < -0.3 is 9.80 Å². The van der Waals surface area contributed by atoms with E-state index in [1.165, 1.54) is 6.07 Å². The van der Waals surface area contributed by atoms with Crippen LogP contribution >= 0.6 is 12.2 Å². The summed E-state index contributed by atoms with van der Waals surface area (Å²) in [4.78, 5) is 20.1. The number of H-pyrrole nitrogens is 1. The zero-order valence-corrected chi connectivity index (χ0v) is 16.2. The summed E-state index contributed by atoms with van der Waals surface area (Å²) in [5.74, 6) is 1.17. The molecule has 1 N–H and O–H groups in total. The van der Waals surface area contributed by atoms with Crippen molar-refractivity contribution in [3.8, 4) is 0 Å². The lowest BCUT2D eigenvalue weighted by Gasteiger charge is -2.35. The molecule has 2 aromatic rings. The predicted molar refractivity (Wildman–Crippen MR) is 99.4 cm³/mol. The van der Waals surface area contributed by atoms with Gasteiger partial charge in [0, 0.05) is 38.8 Å². The van der Waals surface area contributed by atoms with Crippen LogP contribution in [0.2, 0.25) is 0 Å². The van der Waals surface area contributed by atoms with Crippen LogP contribution in [0.5, 0.6) is 0 Å². The summed E-state index contributed by atoms with van der Waals surface area (Å²) in [5, 5.41) is 6.88. The number of aromatic nitrogens is 4. The Bertz CT molecular complexity index is 868. The maximum Gasteiger partial charge on any atom is 0.417 e. The lowest BCUT2D eigenvalue weighted by molar-refractivity contribution is -0.138. The van der Waals surface area contributed by atoms with Crippen LogP contribution in [-0.2, 0) is 23.9 Å². The number of rotatable bonds is 5. The first-order valence-electron chi connectivity index (χ1n) is 8.99. The number of piperazine rings is 1. The molecule has 0 spiro atoms. The van der Waals surface area contributed by atoms with Gasteiger partial charge in [0.2, 0.25) is 5.91 Å². The van der Waals surface area contributed by atoms with Crippen LogP contribution in [0.1, 0.15) is 24.7 Å². The highest BCUT2D eigenvalue weighted by molar-refractivity contribution is 7.71. The zero-order chi connectivity index (χ0) is 20.3. The number of alkyl halides is 3. The van der Waals surface area contributed by atoms with Crippen molar-refractivity contribution < 1.29 is 18.0 Å². The van der Waals surface area contributed by atoms with Crippen LogP contribution in [-0.4, -0.2) is 56.7 Å². The van der Waals surface area contributed by atoms with Gasteiger partial charge in [0.15, 0.2) is 4.77 Å². The molecular formula is C17H21F3N6OS. The molecule has 1 amide bonds. The van der Waals surface area contributed by atoms with Gasteiger partial charge in [0.25, 0.3) is 0 Å². The highest BCUT2D eigenvalue weighted by atomic mass is 32.1. The van der Waals surface area contributed by atoms with Crippen LogP contribution in [0.3, 0.4) is 0 Å². The van der Waals surface area contributed by atoms with E-state index in [2.05, 4.69) is 15.2 Å². The molecule has 0 radical (unpaired) electrons. The minimum absolute atomic E-state index is 0.0603. The lowest BCUT2D eigenvalue weighted by Crippen LogP contribution is -2.50. The fourth-order valence-electron chi connectivity index (χ4n) is 3.09. The normalized spacial score (nSPS) is 15.1. The molecule has 11 heteroatoms. The molecule has 152 valence electrons. The number of hydrogen-bond donors (Lipinski definition) is 1. The van der Waals surface area contributed by atoms with Crippen molar-refractivity contribution >= 4 is 23.9 Å². The minimum atomic E-state index is -4.40. The number of aromatic amines is 1. The number of amides is 1. The minimum Gasteiger partial charge on any atom is -0.353 e. The maximum atomic E-state index is 12.6. The molecule has 1 aliphatic rings. The first kappa shape index (κ1) is 20.3. The van der Waals surface area contributed by atoms with E-state index in [1.807, 2.05) is 11.8 Å². The molecule has 28 heavy (non-hydrogen) atoms. The summed E-state index contributed by atoms with van der Waals surface area (Å²) in [6.45, 7) is 4.10. The molecule has 3 heterocycles. The number of carbonyl (C=O) groups excluding carboxylic acids is 1. The van der Waals surface area contributed by atoms with E-state index >= 15 is 0 Å². The predicted octanol–water partition coefficient (Wildman–Crippen LogP) is 2.66. The molecule has 1 saturated heterocycles. The van der Waals surface area contributed by atoms with Crippen molar-refractivity contribution in [2.75, 3.05) is 31.1 Å². The Morgan fingerprint density at radius 2 is 1.96 bits per heavy atom. The first-order chi connectivity index (χ1) is 13.3. The number of aryl methyl sites for hydroxylation is 1. The summed E-state index contributed by atoms with van der Waals surface area (Å²) < 4.78 is 40.1. The second-order valence-corrected chi connectivity index (χ2v) is 6.94. The Labute approximate surface area is 165 Å². The fourth-order valence-corrected chi connectivity index (χ4v) is 3.30. The Hall–Kier alpha value is -2.43. The second-order valence-electron chi connectivity index (χ2n) is 6.55. The molecule has 0 aliphatic carbocycles. The largest absolute Gasteiger partial charge is 0.417 e. The Morgan fingerprint density at radius 3 is 2.54 bits per heavy atom. The van der Waals surface area contributed by atoms with Crippen LogP contribution in [0.25, 0.3) is 0 Å². The topological polar surface area (TPSA) is 70.1 Å². The number of nitrogens with zero attached hydrogens (tertiary/aromatic N) is 5. The van der Waals surface area contributed by atoms with E-state index < -0.39 is 11.7 Å². The number of carbonyl (C=O) groups is 1. The third-order valence-electron chi connectivity index (χ3n) is 4.64. The SMILES string of the molecule is CCCc1n[nH]c(=S)n1CC(=O)N1CCN(c2ccc(C(F)(F)F)cn2)CC1. The third-order valence-corrected chi connectivity index (χ3v) is 4.95.